The predicted molar refractivity (Wildman–Crippen MR) is 73.2 cm³/mol. The van der Waals surface area contributed by atoms with Crippen molar-refractivity contribution in [1.29, 1.82) is 0 Å². The standard InChI is InChI=1S/C16H21N/c1-10-6-11(2)16(12(3)7-10)17-15-9-13-4-5-14(15)8-13/h6-7,13-14H,4-5,8-9H2,1-3H3/b17-15-. The fourth-order valence-corrected chi connectivity index (χ4v) is 3.65. The maximum atomic E-state index is 5.00. The Kier molecular flexibility index (Phi) is 2.57. The summed E-state index contributed by atoms with van der Waals surface area (Å²) in [6.45, 7) is 6.54. The van der Waals surface area contributed by atoms with Gasteiger partial charge in [-0.2, -0.15) is 0 Å². The van der Waals surface area contributed by atoms with Crippen LogP contribution in [0.2, 0.25) is 0 Å². The second-order valence-electron chi connectivity index (χ2n) is 5.93. The molecule has 1 nitrogen and oxygen atoms in total. The lowest BCUT2D eigenvalue weighted by Crippen LogP contribution is -2.08. The molecule has 0 heterocycles. The van der Waals surface area contributed by atoms with Crippen LogP contribution in [0.4, 0.5) is 5.69 Å². The van der Waals surface area contributed by atoms with E-state index in [2.05, 4.69) is 32.9 Å². The highest BCUT2D eigenvalue weighted by molar-refractivity contribution is 5.92. The van der Waals surface area contributed by atoms with Crippen LogP contribution in [-0.4, -0.2) is 5.71 Å². The van der Waals surface area contributed by atoms with Gasteiger partial charge in [-0.1, -0.05) is 17.7 Å². The quantitative estimate of drug-likeness (QED) is 0.669. The first kappa shape index (κ1) is 11.0. The third kappa shape index (κ3) is 1.92. The zero-order chi connectivity index (χ0) is 12.0. The van der Waals surface area contributed by atoms with Crippen LogP contribution in [0.1, 0.15) is 42.4 Å². The lowest BCUT2D eigenvalue weighted by Gasteiger charge is -2.14. The van der Waals surface area contributed by atoms with E-state index in [4.69, 9.17) is 4.99 Å². The highest BCUT2D eigenvalue weighted by Gasteiger charge is 2.36. The SMILES string of the molecule is Cc1cc(C)c(/N=C2/CC3CCC2C3)c(C)c1. The van der Waals surface area contributed by atoms with E-state index in [0.717, 1.165) is 11.8 Å². The molecule has 1 aromatic carbocycles. The van der Waals surface area contributed by atoms with Crippen LogP contribution < -0.4 is 0 Å². The summed E-state index contributed by atoms with van der Waals surface area (Å²) < 4.78 is 0. The first-order chi connectivity index (χ1) is 8.13. The van der Waals surface area contributed by atoms with Crippen molar-refractivity contribution in [3.63, 3.8) is 0 Å². The Hall–Kier alpha value is -1.11. The zero-order valence-electron chi connectivity index (χ0n) is 11.1. The Morgan fingerprint density at radius 3 is 2.29 bits per heavy atom. The van der Waals surface area contributed by atoms with E-state index in [1.807, 2.05) is 0 Å². The Bertz CT molecular complexity index is 461. The van der Waals surface area contributed by atoms with E-state index in [-0.39, 0.29) is 0 Å². The summed E-state index contributed by atoms with van der Waals surface area (Å²) in [5.41, 5.74) is 6.72. The fraction of sp³-hybridized carbons (Fsp3) is 0.562. The lowest BCUT2D eigenvalue weighted by atomic mass is 9.98. The van der Waals surface area contributed by atoms with E-state index in [0.29, 0.717) is 0 Å². The Morgan fingerprint density at radius 1 is 1.06 bits per heavy atom. The van der Waals surface area contributed by atoms with Crippen LogP contribution in [0.3, 0.4) is 0 Å². The van der Waals surface area contributed by atoms with Crippen molar-refractivity contribution in [1.82, 2.24) is 0 Å². The monoisotopic (exact) mass is 227 g/mol. The summed E-state index contributed by atoms with van der Waals surface area (Å²) in [6, 6.07) is 4.50. The molecule has 2 unspecified atom stereocenters. The smallest absolute Gasteiger partial charge is 0.0687 e. The molecule has 0 aromatic heterocycles. The number of aryl methyl sites for hydroxylation is 3. The van der Waals surface area contributed by atoms with E-state index < -0.39 is 0 Å². The Morgan fingerprint density at radius 2 is 1.76 bits per heavy atom. The molecule has 0 N–H and O–H groups in total. The van der Waals surface area contributed by atoms with E-state index in [1.54, 1.807) is 0 Å². The van der Waals surface area contributed by atoms with Crippen molar-refractivity contribution >= 4 is 11.4 Å². The maximum Gasteiger partial charge on any atom is 0.0687 e. The number of rotatable bonds is 1. The predicted octanol–water partition coefficient (Wildman–Crippen LogP) is 4.50. The summed E-state index contributed by atoms with van der Waals surface area (Å²) in [4.78, 5) is 5.00. The average molecular weight is 227 g/mol. The highest BCUT2D eigenvalue weighted by atomic mass is 14.8. The normalized spacial score (nSPS) is 29.2. The molecule has 0 radical (unpaired) electrons. The molecular formula is C16H21N. The van der Waals surface area contributed by atoms with Gasteiger partial charge in [-0.05, 0) is 69.4 Å². The van der Waals surface area contributed by atoms with Crippen molar-refractivity contribution in [3.05, 3.63) is 28.8 Å². The molecule has 2 aliphatic rings. The van der Waals surface area contributed by atoms with Crippen LogP contribution in [0.15, 0.2) is 17.1 Å². The molecule has 17 heavy (non-hydrogen) atoms. The molecule has 0 amide bonds. The minimum Gasteiger partial charge on any atom is -0.257 e. The van der Waals surface area contributed by atoms with Crippen LogP contribution in [0.25, 0.3) is 0 Å². The summed E-state index contributed by atoms with van der Waals surface area (Å²) in [5.74, 6) is 1.75. The first-order valence-corrected chi connectivity index (χ1v) is 6.79. The molecule has 1 aromatic rings. The number of benzene rings is 1. The van der Waals surface area contributed by atoms with Gasteiger partial charge in [0, 0.05) is 5.71 Å². The third-order valence-electron chi connectivity index (χ3n) is 4.40. The molecule has 0 saturated heterocycles. The van der Waals surface area contributed by atoms with Crippen LogP contribution >= 0.6 is 0 Å². The Balaban J connectivity index is 1.98. The van der Waals surface area contributed by atoms with Gasteiger partial charge in [-0.15, -0.1) is 0 Å². The number of nitrogens with zero attached hydrogens (tertiary/aromatic N) is 1. The van der Waals surface area contributed by atoms with E-state index in [9.17, 15) is 0 Å². The zero-order valence-corrected chi connectivity index (χ0v) is 11.1. The minimum absolute atomic E-state index is 0.806. The molecule has 2 bridgehead atoms. The van der Waals surface area contributed by atoms with Gasteiger partial charge >= 0.3 is 0 Å². The topological polar surface area (TPSA) is 12.4 Å². The largest absolute Gasteiger partial charge is 0.257 e. The molecule has 90 valence electrons. The van der Waals surface area contributed by atoms with Gasteiger partial charge < -0.3 is 0 Å². The molecule has 0 spiro atoms. The van der Waals surface area contributed by atoms with Gasteiger partial charge in [-0.25, -0.2) is 0 Å². The molecule has 2 saturated carbocycles. The summed E-state index contributed by atoms with van der Waals surface area (Å²) in [5, 5.41) is 0. The van der Waals surface area contributed by atoms with Crippen LogP contribution in [0.5, 0.6) is 0 Å². The van der Waals surface area contributed by atoms with Gasteiger partial charge in [0.05, 0.1) is 5.69 Å². The molecule has 2 aliphatic carbocycles. The minimum atomic E-state index is 0.806. The summed E-state index contributed by atoms with van der Waals surface area (Å²) in [7, 11) is 0. The van der Waals surface area contributed by atoms with Gasteiger partial charge in [0.25, 0.3) is 0 Å². The maximum absolute atomic E-state index is 5.00. The average Bonchev–Trinajstić information content (AvgIpc) is 2.84. The first-order valence-electron chi connectivity index (χ1n) is 6.79. The molecule has 0 aliphatic heterocycles. The fourth-order valence-electron chi connectivity index (χ4n) is 3.65. The molecule has 1 heteroatoms. The number of hydrogen-bond acceptors (Lipinski definition) is 1. The van der Waals surface area contributed by atoms with E-state index >= 15 is 0 Å². The van der Waals surface area contributed by atoms with Crippen molar-refractivity contribution in [2.75, 3.05) is 0 Å². The summed E-state index contributed by atoms with van der Waals surface area (Å²) >= 11 is 0. The second kappa shape index (κ2) is 3.97. The van der Waals surface area contributed by atoms with Crippen molar-refractivity contribution < 1.29 is 0 Å². The molecule has 2 atom stereocenters. The molecule has 2 fully saturated rings. The van der Waals surface area contributed by atoms with Gasteiger partial charge in [0.1, 0.15) is 0 Å². The third-order valence-corrected chi connectivity index (χ3v) is 4.40. The number of hydrogen-bond donors (Lipinski definition) is 0. The van der Waals surface area contributed by atoms with Gasteiger partial charge in [-0.3, -0.25) is 4.99 Å². The van der Waals surface area contributed by atoms with Crippen molar-refractivity contribution in [2.24, 2.45) is 16.8 Å². The lowest BCUT2D eigenvalue weighted by molar-refractivity contribution is 0.592. The van der Waals surface area contributed by atoms with E-state index in [1.165, 1.54) is 53.8 Å². The van der Waals surface area contributed by atoms with Gasteiger partial charge in [0.15, 0.2) is 0 Å². The van der Waals surface area contributed by atoms with Crippen LogP contribution in [0, 0.1) is 32.6 Å². The van der Waals surface area contributed by atoms with Crippen LogP contribution in [-0.2, 0) is 0 Å². The Labute approximate surface area is 104 Å². The van der Waals surface area contributed by atoms with Crippen molar-refractivity contribution in [3.8, 4) is 0 Å². The second-order valence-corrected chi connectivity index (χ2v) is 5.93. The summed E-state index contributed by atoms with van der Waals surface area (Å²) in [6.07, 6.45) is 5.49. The van der Waals surface area contributed by atoms with Gasteiger partial charge in [0.2, 0.25) is 0 Å². The molecular weight excluding hydrogens is 206 g/mol. The number of fused-ring (bicyclic) bond motifs is 2. The highest BCUT2D eigenvalue weighted by Crippen LogP contribution is 2.43. The number of aliphatic imine (C=N–C) groups is 1. The van der Waals surface area contributed by atoms with Crippen molar-refractivity contribution in [2.45, 2.75) is 46.5 Å². The molecule has 3 rings (SSSR count).